The van der Waals surface area contributed by atoms with Crippen LogP contribution in [0.4, 0.5) is 5.69 Å². The summed E-state index contributed by atoms with van der Waals surface area (Å²) in [5.74, 6) is 0.285. The Labute approximate surface area is 148 Å². The van der Waals surface area contributed by atoms with Gasteiger partial charge in [0, 0.05) is 22.4 Å². The third kappa shape index (κ3) is 5.64. The topological polar surface area (TPSA) is 67.4 Å². The Balaban J connectivity index is 2.04. The van der Waals surface area contributed by atoms with Crippen molar-refractivity contribution in [2.75, 3.05) is 11.9 Å². The molecular weight excluding hydrogens is 316 g/mol. The lowest BCUT2D eigenvalue weighted by Crippen LogP contribution is -2.40. The summed E-state index contributed by atoms with van der Waals surface area (Å²) in [6, 6.07) is 13.8. The molecule has 0 aliphatic heterocycles. The van der Waals surface area contributed by atoms with Crippen molar-refractivity contribution in [1.29, 1.82) is 0 Å². The second-order valence-electron chi connectivity index (χ2n) is 6.70. The van der Waals surface area contributed by atoms with Gasteiger partial charge in [-0.15, -0.1) is 0 Å². The Bertz CT molecular complexity index is 746. The highest BCUT2D eigenvalue weighted by Crippen LogP contribution is 2.16. The molecular formula is C20H24N2O3. The van der Waals surface area contributed by atoms with Crippen molar-refractivity contribution in [3.05, 3.63) is 59.7 Å². The molecule has 132 valence electrons. The molecule has 0 spiro atoms. The summed E-state index contributed by atoms with van der Waals surface area (Å²) in [7, 11) is 0. The van der Waals surface area contributed by atoms with Crippen molar-refractivity contribution < 1.29 is 14.3 Å². The van der Waals surface area contributed by atoms with Gasteiger partial charge in [-0.2, -0.15) is 0 Å². The minimum Gasteiger partial charge on any atom is -0.494 e. The number of amides is 2. The molecule has 0 saturated carbocycles. The van der Waals surface area contributed by atoms with Crippen molar-refractivity contribution >= 4 is 17.5 Å². The molecule has 2 N–H and O–H groups in total. The van der Waals surface area contributed by atoms with Gasteiger partial charge in [-0.25, -0.2) is 0 Å². The highest BCUT2D eigenvalue weighted by atomic mass is 16.5. The van der Waals surface area contributed by atoms with E-state index >= 15 is 0 Å². The van der Waals surface area contributed by atoms with Crippen LogP contribution in [-0.2, 0) is 0 Å². The van der Waals surface area contributed by atoms with Crippen LogP contribution >= 0.6 is 0 Å². The number of nitrogens with one attached hydrogen (secondary N) is 2. The Hall–Kier alpha value is -2.82. The molecule has 0 heterocycles. The highest BCUT2D eigenvalue weighted by Gasteiger charge is 2.15. The Kier molecular flexibility index (Phi) is 5.80. The number of ether oxygens (including phenoxy) is 1. The van der Waals surface area contributed by atoms with Crippen molar-refractivity contribution in [3.63, 3.8) is 0 Å². The number of carbonyl (C=O) groups excluding carboxylic acids is 2. The maximum Gasteiger partial charge on any atom is 0.255 e. The molecule has 2 aromatic rings. The lowest BCUT2D eigenvalue weighted by atomic mass is 10.1. The van der Waals surface area contributed by atoms with Gasteiger partial charge in [0.2, 0.25) is 0 Å². The molecule has 0 aliphatic rings. The molecule has 0 saturated heterocycles. The molecule has 0 bridgehead atoms. The van der Waals surface area contributed by atoms with Crippen molar-refractivity contribution in [2.45, 2.75) is 33.2 Å². The molecule has 0 aliphatic carbocycles. The highest BCUT2D eigenvalue weighted by molar-refractivity contribution is 6.04. The SMILES string of the molecule is CCOc1cccc(C(=O)Nc2ccc(C(=O)NC(C)(C)C)cc2)c1. The fourth-order valence-electron chi connectivity index (χ4n) is 2.21. The van der Waals surface area contributed by atoms with Crippen LogP contribution < -0.4 is 15.4 Å². The summed E-state index contributed by atoms with van der Waals surface area (Å²) in [6.45, 7) is 8.22. The second kappa shape index (κ2) is 7.83. The van der Waals surface area contributed by atoms with E-state index in [1.165, 1.54) is 0 Å². The number of hydrogen-bond acceptors (Lipinski definition) is 3. The van der Waals surface area contributed by atoms with Gasteiger partial charge in [-0.3, -0.25) is 9.59 Å². The van der Waals surface area contributed by atoms with Gasteiger partial charge in [-0.1, -0.05) is 6.07 Å². The van der Waals surface area contributed by atoms with Gasteiger partial charge in [0.05, 0.1) is 6.61 Å². The first kappa shape index (κ1) is 18.5. The lowest BCUT2D eigenvalue weighted by Gasteiger charge is -2.20. The van der Waals surface area contributed by atoms with E-state index in [1.54, 1.807) is 42.5 Å². The first-order chi connectivity index (χ1) is 11.8. The lowest BCUT2D eigenvalue weighted by molar-refractivity contribution is 0.0919. The Morgan fingerprint density at radius 3 is 2.24 bits per heavy atom. The van der Waals surface area contributed by atoms with Crippen LogP contribution in [0, 0.1) is 0 Å². The van der Waals surface area contributed by atoms with Gasteiger partial charge in [-0.05, 0) is 70.2 Å². The van der Waals surface area contributed by atoms with Crippen LogP contribution in [0.25, 0.3) is 0 Å². The van der Waals surface area contributed by atoms with Crippen LogP contribution in [0.15, 0.2) is 48.5 Å². The summed E-state index contributed by atoms with van der Waals surface area (Å²) >= 11 is 0. The zero-order chi connectivity index (χ0) is 18.4. The number of rotatable bonds is 5. The van der Waals surface area contributed by atoms with Gasteiger partial charge >= 0.3 is 0 Å². The quantitative estimate of drug-likeness (QED) is 0.868. The predicted octanol–water partition coefficient (Wildman–Crippen LogP) is 3.87. The van der Waals surface area contributed by atoms with Crippen molar-refractivity contribution in [1.82, 2.24) is 5.32 Å². The second-order valence-corrected chi connectivity index (χ2v) is 6.70. The summed E-state index contributed by atoms with van der Waals surface area (Å²) in [5.41, 5.74) is 1.39. The van der Waals surface area contributed by atoms with Gasteiger partial charge < -0.3 is 15.4 Å². The third-order valence-corrected chi connectivity index (χ3v) is 3.30. The van der Waals surface area contributed by atoms with Gasteiger partial charge in [0.1, 0.15) is 5.75 Å². The fourth-order valence-corrected chi connectivity index (χ4v) is 2.21. The van der Waals surface area contributed by atoms with Crippen molar-refractivity contribution in [2.24, 2.45) is 0 Å². The monoisotopic (exact) mass is 340 g/mol. The Morgan fingerprint density at radius 2 is 1.64 bits per heavy atom. The van der Waals surface area contributed by atoms with Gasteiger partial charge in [0.15, 0.2) is 0 Å². The van der Waals surface area contributed by atoms with E-state index in [9.17, 15) is 9.59 Å². The average Bonchev–Trinajstić information content (AvgIpc) is 2.54. The van der Waals surface area contributed by atoms with E-state index in [0.29, 0.717) is 29.2 Å². The molecule has 2 aromatic carbocycles. The molecule has 0 radical (unpaired) electrons. The van der Waals surface area contributed by atoms with E-state index in [0.717, 1.165) is 0 Å². The summed E-state index contributed by atoms with van der Waals surface area (Å²) in [6.07, 6.45) is 0. The van der Waals surface area contributed by atoms with Crippen LogP contribution in [0.2, 0.25) is 0 Å². The Morgan fingerprint density at radius 1 is 0.960 bits per heavy atom. The average molecular weight is 340 g/mol. The third-order valence-electron chi connectivity index (χ3n) is 3.30. The molecule has 0 unspecified atom stereocenters. The van der Waals surface area contributed by atoms with Gasteiger partial charge in [0.25, 0.3) is 11.8 Å². The van der Waals surface area contributed by atoms with E-state index < -0.39 is 0 Å². The van der Waals surface area contributed by atoms with E-state index in [-0.39, 0.29) is 17.4 Å². The number of benzene rings is 2. The molecule has 0 fully saturated rings. The van der Waals surface area contributed by atoms with E-state index in [1.807, 2.05) is 33.8 Å². The minimum absolute atomic E-state index is 0.144. The van der Waals surface area contributed by atoms with Crippen molar-refractivity contribution in [3.8, 4) is 5.75 Å². The van der Waals surface area contributed by atoms with Crippen LogP contribution in [0.1, 0.15) is 48.4 Å². The first-order valence-corrected chi connectivity index (χ1v) is 8.25. The zero-order valence-electron chi connectivity index (χ0n) is 15.1. The summed E-state index contributed by atoms with van der Waals surface area (Å²) in [5, 5.41) is 5.72. The molecule has 25 heavy (non-hydrogen) atoms. The molecule has 5 heteroatoms. The summed E-state index contributed by atoms with van der Waals surface area (Å²) < 4.78 is 5.40. The standard InChI is InChI=1S/C20H24N2O3/c1-5-25-17-8-6-7-15(13-17)18(23)21-16-11-9-14(10-12-16)19(24)22-20(2,3)4/h6-13H,5H2,1-4H3,(H,21,23)(H,22,24). The molecule has 2 rings (SSSR count). The molecule has 0 aromatic heterocycles. The maximum atomic E-state index is 12.3. The first-order valence-electron chi connectivity index (χ1n) is 8.25. The van der Waals surface area contributed by atoms with E-state index in [2.05, 4.69) is 10.6 Å². The number of anilines is 1. The molecule has 5 nitrogen and oxygen atoms in total. The number of hydrogen-bond donors (Lipinski definition) is 2. The van der Waals surface area contributed by atoms with Crippen LogP contribution in [0.3, 0.4) is 0 Å². The molecule has 0 atom stereocenters. The van der Waals surface area contributed by atoms with Crippen LogP contribution in [-0.4, -0.2) is 24.0 Å². The largest absolute Gasteiger partial charge is 0.494 e. The fraction of sp³-hybridized carbons (Fsp3) is 0.300. The minimum atomic E-state index is -0.296. The smallest absolute Gasteiger partial charge is 0.255 e. The summed E-state index contributed by atoms with van der Waals surface area (Å²) in [4.78, 5) is 24.4. The predicted molar refractivity (Wildman–Crippen MR) is 99.2 cm³/mol. The van der Waals surface area contributed by atoms with Crippen LogP contribution in [0.5, 0.6) is 5.75 Å². The maximum absolute atomic E-state index is 12.3. The number of carbonyl (C=O) groups is 2. The normalized spacial score (nSPS) is 10.9. The molecule has 2 amide bonds. The van der Waals surface area contributed by atoms with E-state index in [4.69, 9.17) is 4.74 Å². The zero-order valence-corrected chi connectivity index (χ0v) is 15.1.